The van der Waals surface area contributed by atoms with Crippen LogP contribution in [0.25, 0.3) is 0 Å². The lowest BCUT2D eigenvalue weighted by molar-refractivity contribution is -0.191. The molecule has 1 amide bonds. The number of amides is 1. The summed E-state index contributed by atoms with van der Waals surface area (Å²) < 4.78 is 0. The first-order valence-electron chi connectivity index (χ1n) is 6.29. The molecule has 1 heterocycles. The van der Waals surface area contributed by atoms with E-state index in [9.17, 15) is 9.59 Å². The third-order valence-electron chi connectivity index (χ3n) is 4.51. The maximum absolute atomic E-state index is 12.7. The first-order valence-corrected chi connectivity index (χ1v) is 6.29. The Morgan fingerprint density at radius 3 is 2.47 bits per heavy atom. The van der Waals surface area contributed by atoms with E-state index >= 15 is 0 Å². The third kappa shape index (κ3) is 1.12. The van der Waals surface area contributed by atoms with Crippen LogP contribution >= 0.6 is 0 Å². The zero-order chi connectivity index (χ0) is 12.1. The van der Waals surface area contributed by atoms with Gasteiger partial charge in [-0.25, -0.2) is 5.06 Å². The van der Waals surface area contributed by atoms with Crippen molar-refractivity contribution < 1.29 is 14.4 Å². The SMILES string of the molecule is CON1C(=O)C2(CCCC2)C(=O)C12C=CCC2. The number of allylic oxidation sites excluding steroid dienone is 1. The fourth-order valence-corrected chi connectivity index (χ4v) is 3.67. The van der Waals surface area contributed by atoms with E-state index in [1.54, 1.807) is 0 Å². The molecule has 92 valence electrons. The van der Waals surface area contributed by atoms with E-state index in [0.717, 1.165) is 19.3 Å². The molecule has 1 aliphatic heterocycles. The number of ketones is 1. The molecule has 1 atom stereocenters. The topological polar surface area (TPSA) is 46.6 Å². The van der Waals surface area contributed by atoms with Gasteiger partial charge in [-0.05, 0) is 25.7 Å². The van der Waals surface area contributed by atoms with Crippen molar-refractivity contribution in [2.24, 2.45) is 5.41 Å². The van der Waals surface area contributed by atoms with Gasteiger partial charge in [-0.1, -0.05) is 25.0 Å². The average Bonchev–Trinajstić information content (AvgIpc) is 3.01. The molecule has 4 heteroatoms. The molecule has 0 aromatic carbocycles. The van der Waals surface area contributed by atoms with E-state index in [4.69, 9.17) is 4.84 Å². The Balaban J connectivity index is 2.10. The number of carbonyl (C=O) groups is 2. The zero-order valence-electron chi connectivity index (χ0n) is 10.1. The number of hydrogen-bond donors (Lipinski definition) is 0. The quantitative estimate of drug-likeness (QED) is 0.512. The lowest BCUT2D eigenvalue weighted by atomic mass is 9.77. The third-order valence-corrected chi connectivity index (χ3v) is 4.51. The molecule has 2 aliphatic carbocycles. The molecular weight excluding hydrogens is 218 g/mol. The minimum Gasteiger partial charge on any atom is -0.295 e. The molecule has 0 N–H and O–H groups in total. The Kier molecular flexibility index (Phi) is 2.20. The summed E-state index contributed by atoms with van der Waals surface area (Å²) in [5, 5.41) is 1.34. The summed E-state index contributed by atoms with van der Waals surface area (Å²) in [6.07, 6.45) is 8.68. The van der Waals surface area contributed by atoms with Crippen LogP contribution < -0.4 is 0 Å². The maximum Gasteiger partial charge on any atom is 0.261 e. The van der Waals surface area contributed by atoms with Crippen LogP contribution in [0.1, 0.15) is 38.5 Å². The van der Waals surface area contributed by atoms with Crippen LogP contribution in [0.4, 0.5) is 0 Å². The highest BCUT2D eigenvalue weighted by atomic mass is 16.7. The molecule has 0 radical (unpaired) electrons. The van der Waals surface area contributed by atoms with E-state index in [0.29, 0.717) is 19.3 Å². The summed E-state index contributed by atoms with van der Waals surface area (Å²) in [6, 6.07) is 0. The Hall–Kier alpha value is -1.16. The Bertz CT molecular complexity index is 409. The van der Waals surface area contributed by atoms with Crippen LogP contribution in [-0.4, -0.2) is 29.4 Å². The summed E-state index contributed by atoms with van der Waals surface area (Å²) >= 11 is 0. The predicted molar refractivity (Wildman–Crippen MR) is 60.9 cm³/mol. The number of hydrogen-bond acceptors (Lipinski definition) is 3. The Labute approximate surface area is 101 Å². The molecule has 0 aromatic rings. The van der Waals surface area contributed by atoms with Crippen molar-refractivity contribution in [3.05, 3.63) is 12.2 Å². The zero-order valence-corrected chi connectivity index (χ0v) is 10.1. The van der Waals surface area contributed by atoms with Gasteiger partial charge in [0.15, 0.2) is 5.78 Å². The Morgan fingerprint density at radius 2 is 1.94 bits per heavy atom. The molecule has 3 aliphatic rings. The van der Waals surface area contributed by atoms with E-state index in [2.05, 4.69) is 0 Å². The number of nitrogens with zero attached hydrogens (tertiary/aromatic N) is 1. The normalized spacial score (nSPS) is 34.8. The van der Waals surface area contributed by atoms with Crippen LogP contribution in [0, 0.1) is 5.41 Å². The molecule has 1 saturated heterocycles. The van der Waals surface area contributed by atoms with Gasteiger partial charge in [0.2, 0.25) is 0 Å². The molecule has 0 bridgehead atoms. The summed E-state index contributed by atoms with van der Waals surface area (Å²) in [7, 11) is 1.48. The van der Waals surface area contributed by atoms with Crippen molar-refractivity contribution in [1.29, 1.82) is 0 Å². The fraction of sp³-hybridized carbons (Fsp3) is 0.692. The summed E-state index contributed by atoms with van der Waals surface area (Å²) in [4.78, 5) is 30.4. The van der Waals surface area contributed by atoms with Crippen LogP contribution in [0.5, 0.6) is 0 Å². The largest absolute Gasteiger partial charge is 0.295 e. The first kappa shape index (κ1) is 11.0. The van der Waals surface area contributed by atoms with Crippen LogP contribution in [0.15, 0.2) is 12.2 Å². The fourth-order valence-electron chi connectivity index (χ4n) is 3.67. The molecule has 2 spiro atoms. The van der Waals surface area contributed by atoms with Gasteiger partial charge in [0, 0.05) is 0 Å². The van der Waals surface area contributed by atoms with E-state index < -0.39 is 11.0 Å². The van der Waals surface area contributed by atoms with Crippen LogP contribution in [-0.2, 0) is 14.4 Å². The molecule has 1 unspecified atom stereocenters. The molecule has 2 fully saturated rings. The Morgan fingerprint density at radius 1 is 1.24 bits per heavy atom. The second kappa shape index (κ2) is 3.42. The van der Waals surface area contributed by atoms with Gasteiger partial charge in [0.25, 0.3) is 5.91 Å². The van der Waals surface area contributed by atoms with Crippen molar-refractivity contribution in [2.75, 3.05) is 7.11 Å². The van der Waals surface area contributed by atoms with E-state index in [1.807, 2.05) is 12.2 Å². The van der Waals surface area contributed by atoms with Crippen molar-refractivity contribution in [3.8, 4) is 0 Å². The van der Waals surface area contributed by atoms with Gasteiger partial charge >= 0.3 is 0 Å². The number of Topliss-reactive ketones (excluding diaryl/α,β-unsaturated/α-hetero) is 1. The second-order valence-electron chi connectivity index (χ2n) is 5.27. The van der Waals surface area contributed by atoms with Crippen molar-refractivity contribution in [2.45, 2.75) is 44.1 Å². The van der Waals surface area contributed by atoms with Crippen molar-refractivity contribution in [1.82, 2.24) is 5.06 Å². The van der Waals surface area contributed by atoms with Crippen LogP contribution in [0.2, 0.25) is 0 Å². The predicted octanol–water partition coefficient (Wildman–Crippen LogP) is 1.61. The number of rotatable bonds is 1. The lowest BCUT2D eigenvalue weighted by Gasteiger charge is -2.28. The van der Waals surface area contributed by atoms with Gasteiger partial charge in [-0.2, -0.15) is 0 Å². The molecule has 3 rings (SSSR count). The summed E-state index contributed by atoms with van der Waals surface area (Å²) in [5.74, 6) is -0.0443. The molecule has 4 nitrogen and oxygen atoms in total. The van der Waals surface area contributed by atoms with Gasteiger partial charge in [0.05, 0.1) is 7.11 Å². The van der Waals surface area contributed by atoms with Crippen molar-refractivity contribution >= 4 is 11.7 Å². The van der Waals surface area contributed by atoms with E-state index in [-0.39, 0.29) is 11.7 Å². The highest BCUT2D eigenvalue weighted by molar-refractivity contribution is 6.17. The van der Waals surface area contributed by atoms with Gasteiger partial charge in [-0.3, -0.25) is 14.4 Å². The minimum atomic E-state index is -0.795. The molecule has 0 aromatic heterocycles. The van der Waals surface area contributed by atoms with Crippen molar-refractivity contribution in [3.63, 3.8) is 0 Å². The highest BCUT2D eigenvalue weighted by Gasteiger charge is 2.67. The van der Waals surface area contributed by atoms with Gasteiger partial charge in [0.1, 0.15) is 11.0 Å². The molecular formula is C13H17NO3. The summed E-state index contributed by atoms with van der Waals surface area (Å²) in [6.45, 7) is 0. The number of hydroxylamine groups is 2. The molecule has 17 heavy (non-hydrogen) atoms. The smallest absolute Gasteiger partial charge is 0.261 e. The lowest BCUT2D eigenvalue weighted by Crippen LogP contribution is -2.46. The average molecular weight is 235 g/mol. The second-order valence-corrected chi connectivity index (χ2v) is 5.27. The van der Waals surface area contributed by atoms with Gasteiger partial charge < -0.3 is 0 Å². The van der Waals surface area contributed by atoms with E-state index in [1.165, 1.54) is 12.2 Å². The maximum atomic E-state index is 12.7. The first-order chi connectivity index (χ1) is 8.17. The summed E-state index contributed by atoms with van der Waals surface area (Å²) in [5.41, 5.74) is -1.57. The number of carbonyl (C=O) groups excluding carboxylic acids is 2. The molecule has 1 saturated carbocycles. The standard InChI is InChI=1S/C13H17NO3/c1-17-14-11(16)12(6-2-3-7-12)10(15)13(14)8-4-5-9-13/h4,8H,2-3,5-7,9H2,1H3. The highest BCUT2D eigenvalue weighted by Crippen LogP contribution is 2.52. The minimum absolute atomic E-state index is 0.0723. The monoisotopic (exact) mass is 235 g/mol. The van der Waals surface area contributed by atoms with Crippen LogP contribution in [0.3, 0.4) is 0 Å². The van der Waals surface area contributed by atoms with Gasteiger partial charge in [-0.15, -0.1) is 0 Å².